The van der Waals surface area contributed by atoms with Crippen LogP contribution in [0.5, 0.6) is 0 Å². The molecule has 4 heteroatoms. The molecule has 4 nitrogen and oxygen atoms in total. The zero-order chi connectivity index (χ0) is 15.1. The lowest BCUT2D eigenvalue weighted by atomic mass is 10.1. The van der Waals surface area contributed by atoms with Gasteiger partial charge in [-0.1, -0.05) is 42.5 Å². The first-order valence-electron chi connectivity index (χ1n) is 6.94. The summed E-state index contributed by atoms with van der Waals surface area (Å²) in [6.07, 6.45) is 0. The predicted octanol–water partition coefficient (Wildman–Crippen LogP) is 2.22. The molecular formula is C17H20N2O2. The molecule has 0 fully saturated rings. The molecule has 1 amide bonds. The molecule has 0 bridgehead atoms. The van der Waals surface area contributed by atoms with Gasteiger partial charge in [0.25, 0.3) is 0 Å². The first-order valence-corrected chi connectivity index (χ1v) is 6.94. The minimum absolute atomic E-state index is 0.0482. The summed E-state index contributed by atoms with van der Waals surface area (Å²) >= 11 is 0. The van der Waals surface area contributed by atoms with Crippen LogP contribution in [0.1, 0.15) is 16.7 Å². The second-order valence-corrected chi connectivity index (χ2v) is 4.94. The molecule has 0 aromatic heterocycles. The highest BCUT2D eigenvalue weighted by molar-refractivity contribution is 5.92. The van der Waals surface area contributed by atoms with E-state index < -0.39 is 0 Å². The molecule has 0 heterocycles. The molecule has 2 rings (SSSR count). The normalized spacial score (nSPS) is 10.4. The van der Waals surface area contributed by atoms with Gasteiger partial charge in [-0.15, -0.1) is 0 Å². The van der Waals surface area contributed by atoms with Crippen molar-refractivity contribution >= 4 is 11.6 Å². The molecule has 0 aliphatic carbocycles. The summed E-state index contributed by atoms with van der Waals surface area (Å²) in [6, 6.07) is 15.3. The van der Waals surface area contributed by atoms with Crippen molar-refractivity contribution in [1.82, 2.24) is 5.32 Å². The summed E-state index contributed by atoms with van der Waals surface area (Å²) in [5.74, 6) is -0.0590. The summed E-state index contributed by atoms with van der Waals surface area (Å²) < 4.78 is 0. The number of nitrogens with one attached hydrogen (secondary N) is 2. The van der Waals surface area contributed by atoms with Gasteiger partial charge < -0.3 is 15.7 Å². The first-order chi connectivity index (χ1) is 10.2. The third-order valence-electron chi connectivity index (χ3n) is 3.24. The van der Waals surface area contributed by atoms with Crippen molar-refractivity contribution in [3.63, 3.8) is 0 Å². The van der Waals surface area contributed by atoms with Gasteiger partial charge in [-0.2, -0.15) is 0 Å². The van der Waals surface area contributed by atoms with E-state index in [1.54, 1.807) is 0 Å². The Hall–Kier alpha value is -2.17. The maximum absolute atomic E-state index is 11.8. The average Bonchev–Trinajstić information content (AvgIpc) is 2.50. The fourth-order valence-corrected chi connectivity index (χ4v) is 1.99. The summed E-state index contributed by atoms with van der Waals surface area (Å²) in [4.78, 5) is 11.8. The summed E-state index contributed by atoms with van der Waals surface area (Å²) in [5.41, 5.74) is 3.86. The Balaban J connectivity index is 1.77. The molecule has 110 valence electrons. The molecule has 0 atom stereocenters. The number of carbonyl (C=O) groups excluding carboxylic acids is 1. The van der Waals surface area contributed by atoms with Crippen LogP contribution in [0.3, 0.4) is 0 Å². The predicted molar refractivity (Wildman–Crippen MR) is 83.9 cm³/mol. The molecule has 3 N–H and O–H groups in total. The molecule has 0 aliphatic rings. The Kier molecular flexibility index (Phi) is 5.49. The van der Waals surface area contributed by atoms with Crippen LogP contribution in [0.4, 0.5) is 5.69 Å². The van der Waals surface area contributed by atoms with Crippen LogP contribution in [0.15, 0.2) is 48.5 Å². The van der Waals surface area contributed by atoms with Crippen LogP contribution in [0.25, 0.3) is 0 Å². The lowest BCUT2D eigenvalue weighted by molar-refractivity contribution is -0.115. The molecule has 0 aliphatic heterocycles. The monoisotopic (exact) mass is 284 g/mol. The Bertz CT molecular complexity index is 594. The Morgan fingerprint density at radius 2 is 1.71 bits per heavy atom. The largest absolute Gasteiger partial charge is 0.392 e. The molecule has 21 heavy (non-hydrogen) atoms. The van der Waals surface area contributed by atoms with Gasteiger partial charge in [0.1, 0.15) is 0 Å². The highest BCUT2D eigenvalue weighted by Crippen LogP contribution is 2.12. The van der Waals surface area contributed by atoms with E-state index in [0.29, 0.717) is 6.54 Å². The van der Waals surface area contributed by atoms with Crippen LogP contribution in [0.2, 0.25) is 0 Å². The smallest absolute Gasteiger partial charge is 0.238 e. The van der Waals surface area contributed by atoms with Crippen molar-refractivity contribution in [2.45, 2.75) is 20.1 Å². The van der Waals surface area contributed by atoms with E-state index in [9.17, 15) is 4.79 Å². The van der Waals surface area contributed by atoms with E-state index in [2.05, 4.69) is 10.6 Å². The van der Waals surface area contributed by atoms with Gasteiger partial charge in [-0.3, -0.25) is 4.79 Å². The SMILES string of the molecule is Cc1ccccc1NC(=O)CNCc1ccc(CO)cc1. The number of rotatable bonds is 6. The highest BCUT2D eigenvalue weighted by Gasteiger charge is 2.03. The average molecular weight is 284 g/mol. The minimum atomic E-state index is -0.0590. The van der Waals surface area contributed by atoms with Crippen LogP contribution in [0, 0.1) is 6.92 Å². The van der Waals surface area contributed by atoms with Gasteiger partial charge >= 0.3 is 0 Å². The maximum Gasteiger partial charge on any atom is 0.238 e. The molecule has 0 saturated heterocycles. The number of amides is 1. The maximum atomic E-state index is 11.8. The van der Waals surface area contributed by atoms with Gasteiger partial charge in [0.15, 0.2) is 0 Å². The van der Waals surface area contributed by atoms with Crippen LogP contribution < -0.4 is 10.6 Å². The van der Waals surface area contributed by atoms with Crippen molar-refractivity contribution in [3.05, 3.63) is 65.2 Å². The Morgan fingerprint density at radius 3 is 2.38 bits per heavy atom. The molecule has 0 unspecified atom stereocenters. The zero-order valence-electron chi connectivity index (χ0n) is 12.1. The fraction of sp³-hybridized carbons (Fsp3) is 0.235. The van der Waals surface area contributed by atoms with E-state index in [0.717, 1.165) is 22.4 Å². The number of benzene rings is 2. The highest BCUT2D eigenvalue weighted by atomic mass is 16.3. The van der Waals surface area contributed by atoms with Gasteiger partial charge in [0.05, 0.1) is 13.2 Å². The number of hydrogen-bond acceptors (Lipinski definition) is 3. The van der Waals surface area contributed by atoms with Gasteiger partial charge in [-0.25, -0.2) is 0 Å². The van der Waals surface area contributed by atoms with E-state index in [-0.39, 0.29) is 19.1 Å². The van der Waals surface area contributed by atoms with Crippen molar-refractivity contribution in [2.24, 2.45) is 0 Å². The summed E-state index contributed by atoms with van der Waals surface area (Å²) in [6.45, 7) is 2.89. The molecular weight excluding hydrogens is 264 g/mol. The Labute approximate surface area is 124 Å². The van der Waals surface area contributed by atoms with Crippen LogP contribution in [-0.4, -0.2) is 17.6 Å². The zero-order valence-corrected chi connectivity index (χ0v) is 12.1. The second-order valence-electron chi connectivity index (χ2n) is 4.94. The lowest BCUT2D eigenvalue weighted by Gasteiger charge is -2.09. The summed E-state index contributed by atoms with van der Waals surface area (Å²) in [7, 11) is 0. The number of aliphatic hydroxyl groups is 1. The summed E-state index contributed by atoms with van der Waals surface area (Å²) in [5, 5.41) is 15.0. The van der Waals surface area contributed by atoms with Crippen LogP contribution >= 0.6 is 0 Å². The van der Waals surface area contributed by atoms with Crippen molar-refractivity contribution in [2.75, 3.05) is 11.9 Å². The number of para-hydroxylation sites is 1. The number of aliphatic hydroxyl groups excluding tert-OH is 1. The number of carbonyl (C=O) groups is 1. The van der Waals surface area contributed by atoms with Crippen molar-refractivity contribution in [1.29, 1.82) is 0 Å². The minimum Gasteiger partial charge on any atom is -0.392 e. The van der Waals surface area contributed by atoms with E-state index in [1.165, 1.54) is 0 Å². The molecule has 2 aromatic carbocycles. The van der Waals surface area contributed by atoms with E-state index in [4.69, 9.17) is 5.11 Å². The third kappa shape index (κ3) is 4.70. The number of anilines is 1. The fourth-order valence-electron chi connectivity index (χ4n) is 1.99. The third-order valence-corrected chi connectivity index (χ3v) is 3.24. The quantitative estimate of drug-likeness (QED) is 0.762. The van der Waals surface area contributed by atoms with Crippen molar-refractivity contribution < 1.29 is 9.90 Å². The second kappa shape index (κ2) is 7.57. The molecule has 0 radical (unpaired) electrons. The molecule has 0 saturated carbocycles. The van der Waals surface area contributed by atoms with Crippen LogP contribution in [-0.2, 0) is 17.9 Å². The standard InChI is InChI=1S/C17H20N2O2/c1-13-4-2-3-5-16(13)19-17(21)11-18-10-14-6-8-15(12-20)9-7-14/h2-9,18,20H,10-12H2,1H3,(H,19,21). The van der Waals surface area contributed by atoms with E-state index in [1.807, 2.05) is 55.5 Å². The van der Waals surface area contributed by atoms with Gasteiger partial charge in [0.2, 0.25) is 5.91 Å². The lowest BCUT2D eigenvalue weighted by Crippen LogP contribution is -2.27. The molecule has 0 spiro atoms. The van der Waals surface area contributed by atoms with Gasteiger partial charge in [-0.05, 0) is 29.7 Å². The number of hydrogen-bond donors (Lipinski definition) is 3. The van der Waals surface area contributed by atoms with E-state index >= 15 is 0 Å². The number of aryl methyl sites for hydroxylation is 1. The van der Waals surface area contributed by atoms with Gasteiger partial charge in [0, 0.05) is 12.2 Å². The van der Waals surface area contributed by atoms with Crippen molar-refractivity contribution in [3.8, 4) is 0 Å². The first kappa shape index (κ1) is 15.2. The molecule has 2 aromatic rings. The Morgan fingerprint density at radius 1 is 1.05 bits per heavy atom. The topological polar surface area (TPSA) is 61.4 Å².